The maximum Gasteiger partial charge on any atom is 0.335 e. The van der Waals surface area contributed by atoms with Gasteiger partial charge in [-0.3, -0.25) is 14.5 Å². The van der Waals surface area contributed by atoms with Crippen molar-refractivity contribution in [2.75, 3.05) is 18.6 Å². The van der Waals surface area contributed by atoms with Crippen LogP contribution in [-0.2, 0) is 19.7 Å². The predicted molar refractivity (Wildman–Crippen MR) is 186 cm³/mol. The Hall–Kier alpha value is -4.66. The molecule has 2 heterocycles. The van der Waals surface area contributed by atoms with E-state index in [1.54, 1.807) is 11.8 Å². The van der Waals surface area contributed by atoms with Gasteiger partial charge in [0.15, 0.2) is 0 Å². The van der Waals surface area contributed by atoms with Crippen LogP contribution in [0, 0.1) is 40.2 Å². The number of halogens is 4. The van der Waals surface area contributed by atoms with E-state index in [1.807, 2.05) is 20.8 Å². The number of carbonyl (C=O) groups excluding carboxylic acids is 2. The molecule has 1 saturated carbocycles. The molecule has 3 aromatic carbocycles. The van der Waals surface area contributed by atoms with Crippen LogP contribution in [0.15, 0.2) is 60.3 Å². The molecular formula is C38H35Cl2F2N3O6. The average Bonchev–Trinajstić information content (AvgIpc) is 3.75. The molecule has 1 N–H and O–H groups in total. The number of carbonyl (C=O) groups is 3. The van der Waals surface area contributed by atoms with Gasteiger partial charge in [0.1, 0.15) is 34.7 Å². The van der Waals surface area contributed by atoms with Crippen LogP contribution in [0.2, 0.25) is 10.0 Å². The monoisotopic (exact) mass is 737 g/mol. The molecule has 266 valence electrons. The second kappa shape index (κ2) is 13.1. The van der Waals surface area contributed by atoms with Gasteiger partial charge in [-0.15, -0.1) is 0 Å². The first-order valence-electron chi connectivity index (χ1n) is 16.4. The van der Waals surface area contributed by atoms with E-state index >= 15 is 13.6 Å². The molecule has 2 aliphatic heterocycles. The first kappa shape index (κ1) is 36.1. The zero-order valence-corrected chi connectivity index (χ0v) is 30.0. The number of benzene rings is 3. The van der Waals surface area contributed by atoms with Crippen molar-refractivity contribution in [3.8, 4) is 11.8 Å². The zero-order chi connectivity index (χ0) is 37.2. The van der Waals surface area contributed by atoms with Crippen molar-refractivity contribution in [3.05, 3.63) is 98.7 Å². The molecule has 2 fully saturated rings. The molecule has 3 aromatic rings. The topological polar surface area (TPSA) is 120 Å². The minimum atomic E-state index is -1.99. The summed E-state index contributed by atoms with van der Waals surface area (Å²) < 4.78 is 43.7. The third kappa shape index (κ3) is 5.88. The molecule has 13 heteroatoms. The van der Waals surface area contributed by atoms with E-state index in [-0.39, 0.29) is 62.5 Å². The molecule has 1 saturated heterocycles. The minimum Gasteiger partial charge on any atom is -0.495 e. The zero-order valence-electron chi connectivity index (χ0n) is 28.5. The van der Waals surface area contributed by atoms with Gasteiger partial charge in [-0.2, -0.15) is 5.26 Å². The van der Waals surface area contributed by atoms with E-state index in [0.717, 1.165) is 6.07 Å². The number of aromatic carboxylic acids is 1. The van der Waals surface area contributed by atoms with E-state index in [9.17, 15) is 20.0 Å². The van der Waals surface area contributed by atoms with Crippen molar-refractivity contribution in [2.45, 2.75) is 58.2 Å². The standard InChI is InChI=1S/C38H35Cl2F2N3O6/c1-6-51-36(49)23-16-22(23)33-44(27-13-10-19(35(47)48)14-28(27)50-5)34(46)32-30(21-8-7-9-25(40)31(21)42)38(18-43,24-12-11-20(39)15-26(24)41)29(45(32)33)17-37(2,3)4/h7-15,22-23,29,33H,6,16-17H2,1-5H3,(H,47,48)/t22-,23-,29+,33-,38+/m1/s1. The van der Waals surface area contributed by atoms with Gasteiger partial charge >= 0.3 is 11.9 Å². The number of methoxy groups -OCH3 is 1. The molecule has 0 unspecified atom stereocenters. The summed E-state index contributed by atoms with van der Waals surface area (Å²) in [4.78, 5) is 43.4. The van der Waals surface area contributed by atoms with Crippen LogP contribution in [0.3, 0.4) is 0 Å². The lowest BCUT2D eigenvalue weighted by Gasteiger charge is -2.43. The molecular weight excluding hydrogens is 703 g/mol. The smallest absolute Gasteiger partial charge is 0.335 e. The van der Waals surface area contributed by atoms with Crippen LogP contribution in [0.4, 0.5) is 14.5 Å². The number of esters is 1. The molecule has 1 amide bonds. The Morgan fingerprint density at radius 3 is 2.45 bits per heavy atom. The van der Waals surface area contributed by atoms with Gasteiger partial charge in [0.25, 0.3) is 5.91 Å². The summed E-state index contributed by atoms with van der Waals surface area (Å²) in [5.41, 5.74) is -2.90. The first-order valence-corrected chi connectivity index (χ1v) is 17.1. The number of hydrogen-bond donors (Lipinski definition) is 1. The highest BCUT2D eigenvalue weighted by molar-refractivity contribution is 6.31. The van der Waals surface area contributed by atoms with Crippen LogP contribution in [0.1, 0.15) is 62.0 Å². The summed E-state index contributed by atoms with van der Waals surface area (Å²) in [5.74, 6) is -5.24. The van der Waals surface area contributed by atoms with Gasteiger partial charge in [-0.25, -0.2) is 13.6 Å². The fourth-order valence-corrected chi connectivity index (χ4v) is 7.98. The molecule has 0 bridgehead atoms. The number of carboxylic acids is 1. The highest BCUT2D eigenvalue weighted by atomic mass is 35.5. The van der Waals surface area contributed by atoms with Gasteiger partial charge < -0.3 is 19.5 Å². The normalized spacial score (nSPS) is 24.0. The fraction of sp³-hybridized carbons (Fsp3) is 0.368. The van der Waals surface area contributed by atoms with Crippen molar-refractivity contribution in [1.82, 2.24) is 4.90 Å². The largest absolute Gasteiger partial charge is 0.495 e. The molecule has 3 aliphatic rings. The summed E-state index contributed by atoms with van der Waals surface area (Å²) >= 11 is 12.5. The van der Waals surface area contributed by atoms with Gasteiger partial charge in [-0.05, 0) is 61.6 Å². The van der Waals surface area contributed by atoms with E-state index in [2.05, 4.69) is 6.07 Å². The molecule has 0 aromatic heterocycles. The van der Waals surface area contributed by atoms with Crippen LogP contribution < -0.4 is 9.64 Å². The van der Waals surface area contributed by atoms with Gasteiger partial charge in [0.05, 0.1) is 48.0 Å². The number of rotatable bonds is 9. The number of hydrogen-bond acceptors (Lipinski definition) is 7. The van der Waals surface area contributed by atoms with E-state index in [0.29, 0.717) is 6.42 Å². The number of amides is 1. The Bertz CT molecular complexity index is 2040. The molecule has 6 rings (SSSR count). The number of nitrogens with zero attached hydrogens (tertiary/aromatic N) is 3. The number of fused-ring (bicyclic) bond motifs is 1. The number of carboxylic acid groups (broad SMARTS) is 1. The maximum atomic E-state index is 16.4. The Balaban J connectivity index is 1.73. The summed E-state index contributed by atoms with van der Waals surface area (Å²) in [6.07, 6.45) is -0.479. The van der Waals surface area contributed by atoms with Crippen molar-refractivity contribution in [1.29, 1.82) is 5.26 Å². The van der Waals surface area contributed by atoms with Gasteiger partial charge in [0.2, 0.25) is 0 Å². The quantitative estimate of drug-likeness (QED) is 0.221. The Labute approximate surface area is 303 Å². The average molecular weight is 739 g/mol. The van der Waals surface area contributed by atoms with Crippen molar-refractivity contribution >= 4 is 52.3 Å². The lowest BCUT2D eigenvalue weighted by molar-refractivity contribution is -0.145. The summed E-state index contributed by atoms with van der Waals surface area (Å²) in [7, 11) is 1.33. The highest BCUT2D eigenvalue weighted by Gasteiger charge is 2.68. The lowest BCUT2D eigenvalue weighted by Crippen LogP contribution is -2.53. The Morgan fingerprint density at radius 2 is 1.84 bits per heavy atom. The third-order valence-corrected chi connectivity index (χ3v) is 10.3. The predicted octanol–water partition coefficient (Wildman–Crippen LogP) is 7.84. The van der Waals surface area contributed by atoms with Crippen molar-refractivity contribution in [2.24, 2.45) is 17.3 Å². The number of nitriles is 1. The van der Waals surface area contributed by atoms with Crippen LogP contribution in [-0.4, -0.2) is 53.8 Å². The first-order chi connectivity index (χ1) is 24.1. The van der Waals surface area contributed by atoms with Crippen LogP contribution in [0.5, 0.6) is 5.75 Å². The van der Waals surface area contributed by atoms with Gasteiger partial charge in [-0.1, -0.05) is 62.2 Å². The Morgan fingerprint density at radius 1 is 1.12 bits per heavy atom. The van der Waals surface area contributed by atoms with Crippen LogP contribution in [0.25, 0.3) is 5.57 Å². The highest BCUT2D eigenvalue weighted by Crippen LogP contribution is 2.62. The van der Waals surface area contributed by atoms with Crippen molar-refractivity contribution in [3.63, 3.8) is 0 Å². The SMILES string of the molecule is CCOC(=O)[C@@H]1C[C@H]1[C@@H]1N(c2ccc(C(=O)O)cc2OC)C(=O)C2=C(c3cccc(Cl)c3F)[C@@](C#N)(c3ccc(Cl)cc3F)[C@H](CC(C)(C)C)N21. The van der Waals surface area contributed by atoms with E-state index in [4.69, 9.17) is 32.7 Å². The second-order valence-corrected chi connectivity index (χ2v) is 14.9. The third-order valence-electron chi connectivity index (χ3n) is 9.75. The molecule has 0 radical (unpaired) electrons. The van der Waals surface area contributed by atoms with E-state index in [1.165, 1.54) is 60.5 Å². The molecule has 5 atom stereocenters. The summed E-state index contributed by atoms with van der Waals surface area (Å²) in [6.45, 7) is 7.61. The second-order valence-electron chi connectivity index (χ2n) is 14.1. The fourth-order valence-electron chi connectivity index (χ4n) is 7.65. The molecule has 9 nitrogen and oxygen atoms in total. The number of anilines is 1. The summed E-state index contributed by atoms with van der Waals surface area (Å²) in [6, 6.07) is 13.5. The molecule has 0 spiro atoms. The molecule has 51 heavy (non-hydrogen) atoms. The number of ether oxygens (including phenoxy) is 2. The van der Waals surface area contributed by atoms with Crippen LogP contribution >= 0.6 is 23.2 Å². The lowest BCUT2D eigenvalue weighted by atomic mass is 9.65. The minimum absolute atomic E-state index is 0.0570. The summed E-state index contributed by atoms with van der Waals surface area (Å²) in [5, 5.41) is 20.9. The van der Waals surface area contributed by atoms with E-state index < -0.39 is 64.4 Å². The maximum absolute atomic E-state index is 16.4. The molecule has 1 aliphatic carbocycles. The van der Waals surface area contributed by atoms with Gasteiger partial charge in [0, 0.05) is 27.6 Å². The van der Waals surface area contributed by atoms with Crippen molar-refractivity contribution < 1.29 is 37.7 Å². The Kier molecular flexibility index (Phi) is 9.32.